The third-order valence-corrected chi connectivity index (χ3v) is 0. The second-order valence-electron chi connectivity index (χ2n) is 0. The van der Waals surface area contributed by atoms with Gasteiger partial charge in [-0.3, -0.25) is 0 Å². The molecule has 55 valence electrons. The minimum atomic E-state index is 0. The van der Waals surface area contributed by atoms with Crippen LogP contribution in [-0.4, -0.2) is 0 Å². The van der Waals surface area contributed by atoms with Crippen LogP contribution in [0.2, 0.25) is 0 Å². The normalized spacial score (nSPS) is 0. The Morgan fingerprint density at radius 2 is 0.375 bits per heavy atom. The Balaban J connectivity index is 0. The molecule has 0 aromatic heterocycles. The molecule has 0 saturated carbocycles. The third kappa shape index (κ3) is 86.0. The van der Waals surface area contributed by atoms with Gasteiger partial charge in [0.25, 0.3) is 0 Å². The topological polar surface area (TPSA) is 0 Å². The van der Waals surface area contributed by atoms with Crippen LogP contribution < -0.4 is 28.2 Å². The van der Waals surface area contributed by atoms with Crippen molar-refractivity contribution in [3.63, 3.8) is 0 Å². The molecule has 8 heteroatoms. The standard InChI is InChI=1S/Ce.6FH.Tb/h;6*1H;/q+3;;;;;;;+3/p-6. The molecule has 0 amide bonds. The summed E-state index contributed by atoms with van der Waals surface area (Å²) in [5, 5.41) is 0. The van der Waals surface area contributed by atoms with E-state index < -0.39 is 0 Å². The maximum Gasteiger partial charge on any atom is 3.00 e. The molecule has 0 unspecified atom stereocenters. The second kappa shape index (κ2) is 125. The molecule has 0 rings (SSSR count). The monoisotopic (exact) mass is 413 g/mol. The number of hydrogen-bond acceptors (Lipinski definition) is 0. The van der Waals surface area contributed by atoms with Gasteiger partial charge in [0.1, 0.15) is 0 Å². The summed E-state index contributed by atoms with van der Waals surface area (Å²) in [6.45, 7) is 0. The van der Waals surface area contributed by atoms with E-state index in [1.54, 1.807) is 0 Å². The number of rotatable bonds is 0. The molecule has 0 saturated heterocycles. The quantitative estimate of drug-likeness (QED) is 0.347. The summed E-state index contributed by atoms with van der Waals surface area (Å²) >= 11 is 0. The second-order valence-corrected chi connectivity index (χ2v) is 0. The van der Waals surface area contributed by atoms with Crippen molar-refractivity contribution in [1.82, 2.24) is 0 Å². The zero-order valence-corrected chi connectivity index (χ0v) is 8.38. The molecule has 0 N–H and O–H groups in total. The molecule has 0 aromatic carbocycles. The zero-order valence-electron chi connectivity index (χ0n) is 3.10. The smallest absolute Gasteiger partial charge is 1.00 e. The van der Waals surface area contributed by atoms with Crippen LogP contribution in [0.1, 0.15) is 0 Å². The fraction of sp³-hybridized carbons (Fsp3) is 0. The van der Waals surface area contributed by atoms with E-state index in [1.807, 2.05) is 0 Å². The Hall–Kier alpha value is 2.24. The van der Waals surface area contributed by atoms with Gasteiger partial charge >= 0.3 is 80.4 Å². The van der Waals surface area contributed by atoms with Crippen molar-refractivity contribution in [1.29, 1.82) is 0 Å². The predicted octanol–water partition coefficient (Wildman–Crippen LogP) is -18.0. The first-order valence-electron chi connectivity index (χ1n) is 0. The van der Waals surface area contributed by atoms with E-state index in [-0.39, 0.29) is 109 Å². The van der Waals surface area contributed by atoms with Gasteiger partial charge in [-0.05, 0) is 0 Å². The van der Waals surface area contributed by atoms with Gasteiger partial charge in [-0.1, -0.05) is 0 Å². The van der Waals surface area contributed by atoms with Crippen molar-refractivity contribution >= 4 is 0 Å². The average molecular weight is 413 g/mol. The van der Waals surface area contributed by atoms with E-state index in [0.29, 0.717) is 0 Å². The van der Waals surface area contributed by atoms with Crippen molar-refractivity contribution in [3.8, 4) is 0 Å². The van der Waals surface area contributed by atoms with Crippen LogP contribution in [0.25, 0.3) is 0 Å². The summed E-state index contributed by atoms with van der Waals surface area (Å²) < 4.78 is 0. The first-order chi connectivity index (χ1) is 0. The van der Waals surface area contributed by atoms with Gasteiger partial charge in [0.15, 0.2) is 0 Å². The first-order valence-corrected chi connectivity index (χ1v) is 0. The summed E-state index contributed by atoms with van der Waals surface area (Å²) in [5.41, 5.74) is 0. The predicted molar refractivity (Wildman–Crippen MR) is 0 cm³/mol. The molecule has 0 atom stereocenters. The molecule has 1 radical (unpaired) electrons. The Morgan fingerprint density at radius 3 is 0.375 bits per heavy atom. The van der Waals surface area contributed by atoms with Crippen LogP contribution in [0, 0.1) is 80.4 Å². The molecule has 0 fully saturated rings. The maximum atomic E-state index is 0. The van der Waals surface area contributed by atoms with Crippen LogP contribution in [-0.2, 0) is 0 Å². The van der Waals surface area contributed by atoms with Crippen LogP contribution in [0.4, 0.5) is 0 Å². The Labute approximate surface area is 107 Å². The third-order valence-electron chi connectivity index (χ3n) is 0. The Morgan fingerprint density at radius 1 is 0.375 bits per heavy atom. The molecule has 0 nitrogen and oxygen atoms in total. The maximum absolute atomic E-state index is 0. The minimum absolute atomic E-state index is 0. The van der Waals surface area contributed by atoms with E-state index in [9.17, 15) is 0 Å². The number of hydrogen-bond donors (Lipinski definition) is 0. The van der Waals surface area contributed by atoms with E-state index >= 15 is 0 Å². The van der Waals surface area contributed by atoms with Gasteiger partial charge in [-0.15, -0.1) is 0 Å². The van der Waals surface area contributed by atoms with Gasteiger partial charge in [0.05, 0.1) is 0 Å². The summed E-state index contributed by atoms with van der Waals surface area (Å²) in [5.74, 6) is 0. The van der Waals surface area contributed by atoms with E-state index in [0.717, 1.165) is 0 Å². The SMILES string of the molecule is [Ce+3].[F-].[F-].[F-].[F-].[F-].[F-].[Tb+3]. The van der Waals surface area contributed by atoms with Gasteiger partial charge < -0.3 is 28.2 Å². The van der Waals surface area contributed by atoms with Crippen LogP contribution in [0.5, 0.6) is 0 Å². The van der Waals surface area contributed by atoms with Crippen molar-refractivity contribution in [2.45, 2.75) is 0 Å². The van der Waals surface area contributed by atoms with E-state index in [1.165, 1.54) is 0 Å². The van der Waals surface area contributed by atoms with Crippen molar-refractivity contribution in [2.75, 3.05) is 0 Å². The van der Waals surface area contributed by atoms with Crippen molar-refractivity contribution in [2.24, 2.45) is 0 Å². The number of halogens is 6. The largest absolute Gasteiger partial charge is 3.00 e. The first kappa shape index (κ1) is 174. The fourth-order valence-electron chi connectivity index (χ4n) is 0. The Kier molecular flexibility index (Phi) is 2720. The molecule has 0 spiro atoms. The molecular weight excluding hydrogens is 413 g/mol. The van der Waals surface area contributed by atoms with Crippen LogP contribution in [0.15, 0.2) is 0 Å². The molecular formula is CeF6Tb. The average Bonchev–Trinajstić information content (AvgIpc) is 0. The fourth-order valence-corrected chi connectivity index (χ4v) is 0. The van der Waals surface area contributed by atoms with Gasteiger partial charge in [0.2, 0.25) is 0 Å². The molecule has 8 heavy (non-hydrogen) atoms. The van der Waals surface area contributed by atoms with Crippen LogP contribution >= 0.6 is 0 Å². The van der Waals surface area contributed by atoms with Crippen molar-refractivity contribution in [3.05, 3.63) is 0 Å². The van der Waals surface area contributed by atoms with Gasteiger partial charge in [0, 0.05) is 0 Å². The zero-order chi connectivity index (χ0) is 0. The van der Waals surface area contributed by atoms with E-state index in [2.05, 4.69) is 0 Å². The summed E-state index contributed by atoms with van der Waals surface area (Å²) in [4.78, 5) is 0. The summed E-state index contributed by atoms with van der Waals surface area (Å²) in [7, 11) is 0. The molecule has 0 aromatic rings. The van der Waals surface area contributed by atoms with Gasteiger partial charge in [-0.2, -0.15) is 0 Å². The molecule has 0 aliphatic rings. The van der Waals surface area contributed by atoms with Crippen LogP contribution in [0.3, 0.4) is 0 Å². The van der Waals surface area contributed by atoms with Crippen molar-refractivity contribution < 1.29 is 109 Å². The summed E-state index contributed by atoms with van der Waals surface area (Å²) in [6.07, 6.45) is 0. The minimum Gasteiger partial charge on any atom is -1.00 e. The Bertz CT molecular complexity index is 8.49. The van der Waals surface area contributed by atoms with E-state index in [4.69, 9.17) is 0 Å². The molecule has 0 heterocycles. The summed E-state index contributed by atoms with van der Waals surface area (Å²) in [6, 6.07) is 0. The van der Waals surface area contributed by atoms with Gasteiger partial charge in [-0.25, -0.2) is 0 Å². The molecule has 0 aliphatic heterocycles. The molecule has 0 bridgehead atoms. The molecule has 0 aliphatic carbocycles.